The molecule has 0 aliphatic rings. The van der Waals surface area contributed by atoms with Crippen LogP contribution in [0.15, 0.2) is 24.3 Å². The summed E-state index contributed by atoms with van der Waals surface area (Å²) in [6.45, 7) is 1.43. The molecule has 0 radical (unpaired) electrons. The standard InChI is InChI=1S/C14H18O2/c1-3-4-5-11-16-14-8-6-13(7-9-14)10-12-15-2/h1,6-9H,4-5,10-12H2,2H3. The van der Waals surface area contributed by atoms with E-state index in [4.69, 9.17) is 15.9 Å². The fraction of sp³-hybridized carbons (Fsp3) is 0.429. The minimum absolute atomic E-state index is 0.682. The first-order valence-corrected chi connectivity index (χ1v) is 5.51. The van der Waals surface area contributed by atoms with Crippen molar-refractivity contribution >= 4 is 0 Å². The van der Waals surface area contributed by atoms with Crippen LogP contribution in [0.4, 0.5) is 0 Å². The summed E-state index contributed by atoms with van der Waals surface area (Å²) in [4.78, 5) is 0. The van der Waals surface area contributed by atoms with Crippen LogP contribution in [-0.4, -0.2) is 20.3 Å². The second-order valence-electron chi connectivity index (χ2n) is 3.54. The van der Waals surface area contributed by atoms with E-state index in [9.17, 15) is 0 Å². The molecule has 0 aliphatic carbocycles. The summed E-state index contributed by atoms with van der Waals surface area (Å²) >= 11 is 0. The summed E-state index contributed by atoms with van der Waals surface area (Å²) in [5.74, 6) is 3.49. The Morgan fingerprint density at radius 2 is 1.94 bits per heavy atom. The van der Waals surface area contributed by atoms with Crippen molar-refractivity contribution in [2.24, 2.45) is 0 Å². The topological polar surface area (TPSA) is 18.5 Å². The number of unbranched alkanes of at least 4 members (excludes halogenated alkanes) is 1. The lowest BCUT2D eigenvalue weighted by molar-refractivity contribution is 0.202. The second-order valence-corrected chi connectivity index (χ2v) is 3.54. The summed E-state index contributed by atoms with van der Waals surface area (Å²) in [6.07, 6.45) is 7.77. The Morgan fingerprint density at radius 3 is 2.56 bits per heavy atom. The molecule has 0 saturated heterocycles. The molecule has 0 fully saturated rings. The molecule has 0 spiro atoms. The molecule has 1 rings (SSSR count). The number of terminal acetylenes is 1. The normalized spacial score (nSPS) is 9.75. The molecule has 0 aliphatic heterocycles. The van der Waals surface area contributed by atoms with E-state index in [0.717, 1.165) is 31.6 Å². The zero-order valence-corrected chi connectivity index (χ0v) is 9.74. The highest BCUT2D eigenvalue weighted by Crippen LogP contribution is 2.13. The molecular formula is C14H18O2. The highest BCUT2D eigenvalue weighted by atomic mass is 16.5. The third-order valence-electron chi connectivity index (χ3n) is 2.25. The zero-order chi connectivity index (χ0) is 11.6. The van der Waals surface area contributed by atoms with Crippen LogP contribution in [0, 0.1) is 12.3 Å². The van der Waals surface area contributed by atoms with Gasteiger partial charge in [-0.25, -0.2) is 0 Å². The van der Waals surface area contributed by atoms with Gasteiger partial charge in [0.2, 0.25) is 0 Å². The Labute approximate surface area is 97.6 Å². The van der Waals surface area contributed by atoms with Crippen LogP contribution in [-0.2, 0) is 11.2 Å². The maximum atomic E-state index is 5.54. The number of hydrogen-bond acceptors (Lipinski definition) is 2. The molecule has 0 atom stereocenters. The second kappa shape index (κ2) is 7.78. The Morgan fingerprint density at radius 1 is 1.19 bits per heavy atom. The van der Waals surface area contributed by atoms with Crippen LogP contribution in [0.2, 0.25) is 0 Å². The van der Waals surface area contributed by atoms with Gasteiger partial charge in [-0.15, -0.1) is 12.3 Å². The quantitative estimate of drug-likeness (QED) is 0.517. The predicted octanol–water partition coefficient (Wildman–Crippen LogP) is 2.67. The van der Waals surface area contributed by atoms with Crippen LogP contribution in [0.5, 0.6) is 5.75 Å². The number of hydrogen-bond donors (Lipinski definition) is 0. The van der Waals surface area contributed by atoms with E-state index in [2.05, 4.69) is 18.1 Å². The van der Waals surface area contributed by atoms with Gasteiger partial charge in [0.15, 0.2) is 0 Å². The van der Waals surface area contributed by atoms with Gasteiger partial charge in [0, 0.05) is 13.5 Å². The Balaban J connectivity index is 2.31. The molecule has 0 heterocycles. The van der Waals surface area contributed by atoms with Gasteiger partial charge in [0.25, 0.3) is 0 Å². The lowest BCUT2D eigenvalue weighted by atomic mass is 10.1. The first-order chi connectivity index (χ1) is 7.86. The van der Waals surface area contributed by atoms with Gasteiger partial charge in [-0.05, 0) is 30.5 Å². The average Bonchev–Trinajstić information content (AvgIpc) is 2.33. The van der Waals surface area contributed by atoms with Crippen molar-refractivity contribution in [3.05, 3.63) is 29.8 Å². The van der Waals surface area contributed by atoms with Gasteiger partial charge in [-0.1, -0.05) is 12.1 Å². The Hall–Kier alpha value is -1.46. The first kappa shape index (κ1) is 12.6. The lowest BCUT2D eigenvalue weighted by Crippen LogP contribution is -1.97. The van der Waals surface area contributed by atoms with Crippen LogP contribution >= 0.6 is 0 Å². The summed E-state index contributed by atoms with van der Waals surface area (Å²) in [5, 5.41) is 0. The summed E-state index contributed by atoms with van der Waals surface area (Å²) in [5.41, 5.74) is 1.26. The van der Waals surface area contributed by atoms with Crippen molar-refractivity contribution in [2.45, 2.75) is 19.3 Å². The fourth-order valence-electron chi connectivity index (χ4n) is 1.34. The van der Waals surface area contributed by atoms with Crippen molar-refractivity contribution in [1.29, 1.82) is 0 Å². The average molecular weight is 218 g/mol. The van der Waals surface area contributed by atoms with Gasteiger partial charge in [-0.2, -0.15) is 0 Å². The minimum atomic E-state index is 0.682. The number of rotatable bonds is 7. The van der Waals surface area contributed by atoms with Crippen LogP contribution in [0.25, 0.3) is 0 Å². The summed E-state index contributed by atoms with van der Waals surface area (Å²) in [6, 6.07) is 8.10. The monoisotopic (exact) mass is 218 g/mol. The van der Waals surface area contributed by atoms with E-state index in [0.29, 0.717) is 6.61 Å². The van der Waals surface area contributed by atoms with Crippen molar-refractivity contribution in [3.8, 4) is 18.1 Å². The molecule has 0 amide bonds. The summed E-state index contributed by atoms with van der Waals surface area (Å²) < 4.78 is 10.6. The van der Waals surface area contributed by atoms with Gasteiger partial charge in [0.05, 0.1) is 13.2 Å². The largest absolute Gasteiger partial charge is 0.494 e. The van der Waals surface area contributed by atoms with E-state index in [-0.39, 0.29) is 0 Å². The van der Waals surface area contributed by atoms with Crippen molar-refractivity contribution < 1.29 is 9.47 Å². The van der Waals surface area contributed by atoms with Gasteiger partial charge >= 0.3 is 0 Å². The molecule has 16 heavy (non-hydrogen) atoms. The zero-order valence-electron chi connectivity index (χ0n) is 9.74. The van der Waals surface area contributed by atoms with E-state index in [1.165, 1.54) is 5.56 Å². The van der Waals surface area contributed by atoms with Crippen molar-refractivity contribution in [2.75, 3.05) is 20.3 Å². The van der Waals surface area contributed by atoms with Crippen LogP contribution < -0.4 is 4.74 Å². The SMILES string of the molecule is C#CCCCOc1ccc(CCOC)cc1. The maximum Gasteiger partial charge on any atom is 0.119 e. The smallest absolute Gasteiger partial charge is 0.119 e. The molecular weight excluding hydrogens is 200 g/mol. The van der Waals surface area contributed by atoms with Gasteiger partial charge in [0.1, 0.15) is 5.75 Å². The van der Waals surface area contributed by atoms with Crippen LogP contribution in [0.1, 0.15) is 18.4 Å². The molecule has 2 nitrogen and oxygen atoms in total. The number of methoxy groups -OCH3 is 1. The van der Waals surface area contributed by atoms with E-state index in [1.807, 2.05) is 12.1 Å². The first-order valence-electron chi connectivity index (χ1n) is 5.51. The fourth-order valence-corrected chi connectivity index (χ4v) is 1.34. The molecule has 86 valence electrons. The van der Waals surface area contributed by atoms with Gasteiger partial charge < -0.3 is 9.47 Å². The molecule has 1 aromatic carbocycles. The number of ether oxygens (including phenoxy) is 2. The highest BCUT2D eigenvalue weighted by Gasteiger charge is 1.95. The van der Waals surface area contributed by atoms with Crippen molar-refractivity contribution in [3.63, 3.8) is 0 Å². The number of benzene rings is 1. The Bertz CT molecular complexity index is 322. The summed E-state index contributed by atoms with van der Waals surface area (Å²) in [7, 11) is 1.71. The molecule has 0 saturated carbocycles. The lowest BCUT2D eigenvalue weighted by Gasteiger charge is -2.06. The minimum Gasteiger partial charge on any atom is -0.494 e. The Kier molecular flexibility index (Phi) is 6.13. The molecule has 1 aromatic rings. The van der Waals surface area contributed by atoms with E-state index in [1.54, 1.807) is 7.11 Å². The third kappa shape index (κ3) is 4.86. The molecule has 0 unspecified atom stereocenters. The van der Waals surface area contributed by atoms with Crippen LogP contribution in [0.3, 0.4) is 0 Å². The third-order valence-corrected chi connectivity index (χ3v) is 2.25. The highest BCUT2D eigenvalue weighted by molar-refractivity contribution is 5.27. The maximum absolute atomic E-state index is 5.54. The van der Waals surface area contributed by atoms with E-state index >= 15 is 0 Å². The molecule has 0 aromatic heterocycles. The molecule has 0 N–H and O–H groups in total. The van der Waals surface area contributed by atoms with Gasteiger partial charge in [-0.3, -0.25) is 0 Å². The van der Waals surface area contributed by atoms with E-state index < -0.39 is 0 Å². The molecule has 0 bridgehead atoms. The predicted molar refractivity (Wildman–Crippen MR) is 65.6 cm³/mol. The van der Waals surface area contributed by atoms with Crippen molar-refractivity contribution in [1.82, 2.24) is 0 Å². The molecule has 2 heteroatoms.